The number of rotatable bonds is 18. The van der Waals surface area contributed by atoms with E-state index in [4.69, 9.17) is 26.1 Å². The van der Waals surface area contributed by atoms with Crippen molar-refractivity contribution in [2.75, 3.05) is 31.7 Å². The Bertz CT molecular complexity index is 2120. The highest BCUT2D eigenvalue weighted by Crippen LogP contribution is 2.22. The summed E-state index contributed by atoms with van der Waals surface area (Å²) in [5.74, 6) is -10.2. The standard InChI is InChI=1S/C45H68N10O13S.C2H4O2/c1-6-25(4)38-44(66)50-28(15-16-37(59)60)40(62)51-31(21-34(46)56)41(63)53-32(23-69-18-8-10-36(58)49-30(42(64)54-38)20-26-11-13-27(68-5)14-12-26)45(67)55-17-7-9-33(55)43(65)52-29(19-24(2)3)39(61)48-22-35(47)57;1-2(3)4/h11-14,24-25,28-33,38H,6-10,15-23H2,1-5H3,(H2,46,56)(H2,47,57)(H,48,61)(H,49,58)(H,50,66)(H,51,62)(H,52,65)(H,53,63)(H,54,64)(H,59,60);1H3,(H,3,4)/t25-,28-,29-,30-,31-,32-,33-,38-;/m0./s1. The molecule has 26 heteroatoms. The summed E-state index contributed by atoms with van der Waals surface area (Å²) in [6.07, 6.45) is -0.625. The van der Waals surface area contributed by atoms with Crippen molar-refractivity contribution >= 4 is 82.8 Å². The molecule has 3 rings (SSSR count). The van der Waals surface area contributed by atoms with Gasteiger partial charge in [-0.3, -0.25) is 57.5 Å². The Hall–Kier alpha value is -6.99. The van der Waals surface area contributed by atoms with E-state index in [2.05, 4.69) is 37.2 Å². The van der Waals surface area contributed by atoms with E-state index in [1.54, 1.807) is 38.1 Å². The second-order valence-electron chi connectivity index (χ2n) is 18.1. The lowest BCUT2D eigenvalue weighted by Crippen LogP contribution is -2.61. The summed E-state index contributed by atoms with van der Waals surface area (Å²) < 4.78 is 5.25. The van der Waals surface area contributed by atoms with Gasteiger partial charge >= 0.3 is 5.97 Å². The molecule has 0 radical (unpaired) electrons. The third-order valence-electron chi connectivity index (χ3n) is 11.6. The minimum absolute atomic E-state index is 0.00986. The molecule has 1 aromatic rings. The van der Waals surface area contributed by atoms with Crippen LogP contribution in [0.5, 0.6) is 5.75 Å². The minimum atomic E-state index is -1.74. The Kier molecular flexibility index (Phi) is 26.8. The van der Waals surface area contributed by atoms with Crippen LogP contribution in [0.3, 0.4) is 0 Å². The van der Waals surface area contributed by atoms with E-state index in [1.165, 1.54) is 23.8 Å². The van der Waals surface area contributed by atoms with Crippen LogP contribution in [-0.2, 0) is 64.0 Å². The van der Waals surface area contributed by atoms with Crippen LogP contribution in [0.15, 0.2) is 24.3 Å². The smallest absolute Gasteiger partial charge is 0.303 e. The van der Waals surface area contributed by atoms with Gasteiger partial charge in [0.15, 0.2) is 0 Å². The number of ether oxygens (including phenoxy) is 1. The van der Waals surface area contributed by atoms with Crippen LogP contribution >= 0.6 is 11.8 Å². The van der Waals surface area contributed by atoms with Crippen molar-refractivity contribution in [2.24, 2.45) is 23.3 Å². The number of aliphatic carboxylic acids is 2. The van der Waals surface area contributed by atoms with Gasteiger partial charge in [-0.25, -0.2) is 0 Å². The summed E-state index contributed by atoms with van der Waals surface area (Å²) in [4.78, 5) is 157. The molecular formula is C47H72N10O15S. The molecule has 13 N–H and O–H groups in total. The van der Waals surface area contributed by atoms with Crippen LogP contribution in [0.4, 0.5) is 0 Å². The highest BCUT2D eigenvalue weighted by Gasteiger charge is 2.41. The maximum Gasteiger partial charge on any atom is 0.303 e. The monoisotopic (exact) mass is 1050 g/mol. The van der Waals surface area contributed by atoms with Crippen molar-refractivity contribution in [1.82, 2.24) is 42.1 Å². The van der Waals surface area contributed by atoms with E-state index < -0.39 is 145 Å². The van der Waals surface area contributed by atoms with Crippen LogP contribution in [0.1, 0.15) is 98.0 Å². The number of methoxy groups -OCH3 is 1. The third kappa shape index (κ3) is 22.5. The van der Waals surface area contributed by atoms with Gasteiger partial charge in [0.25, 0.3) is 5.97 Å². The topological polar surface area (TPSA) is 394 Å². The van der Waals surface area contributed by atoms with Gasteiger partial charge in [0.05, 0.1) is 20.1 Å². The molecule has 2 aliphatic rings. The van der Waals surface area contributed by atoms with Crippen molar-refractivity contribution in [2.45, 2.75) is 141 Å². The summed E-state index contributed by atoms with van der Waals surface area (Å²) in [5.41, 5.74) is 11.3. The third-order valence-corrected chi connectivity index (χ3v) is 12.7. The lowest BCUT2D eigenvalue weighted by atomic mass is 9.96. The van der Waals surface area contributed by atoms with Gasteiger partial charge in [0.2, 0.25) is 59.1 Å². The summed E-state index contributed by atoms with van der Waals surface area (Å²) in [7, 11) is 1.50. The molecule has 0 aliphatic carbocycles. The summed E-state index contributed by atoms with van der Waals surface area (Å²) in [6.45, 7) is 7.77. The fourth-order valence-corrected chi connectivity index (χ4v) is 8.64. The number of nitrogens with one attached hydrogen (secondary N) is 7. The highest BCUT2D eigenvalue weighted by atomic mass is 32.2. The van der Waals surface area contributed by atoms with Crippen molar-refractivity contribution in [1.29, 1.82) is 0 Å². The first kappa shape index (κ1) is 62.1. The predicted molar refractivity (Wildman–Crippen MR) is 265 cm³/mol. The van der Waals surface area contributed by atoms with Crippen LogP contribution in [0.25, 0.3) is 0 Å². The summed E-state index contributed by atoms with van der Waals surface area (Å²) in [6, 6.07) is -2.63. The number of carbonyl (C=O) groups excluding carboxylic acids is 10. The van der Waals surface area contributed by atoms with Gasteiger partial charge in [0, 0.05) is 38.5 Å². The van der Waals surface area contributed by atoms with E-state index in [1.807, 2.05) is 13.8 Å². The molecule has 0 bridgehead atoms. The Balaban J connectivity index is 0.00000439. The molecule has 1 aromatic carbocycles. The van der Waals surface area contributed by atoms with Crippen molar-refractivity contribution in [3.05, 3.63) is 29.8 Å². The largest absolute Gasteiger partial charge is 0.497 e. The highest BCUT2D eigenvalue weighted by molar-refractivity contribution is 7.99. The summed E-state index contributed by atoms with van der Waals surface area (Å²) in [5, 5.41) is 35.0. The first-order chi connectivity index (χ1) is 34.4. The van der Waals surface area contributed by atoms with Gasteiger partial charge in [-0.05, 0) is 67.4 Å². The molecule has 25 nitrogen and oxygen atoms in total. The molecule has 2 saturated heterocycles. The summed E-state index contributed by atoms with van der Waals surface area (Å²) >= 11 is 1.17. The van der Waals surface area contributed by atoms with Gasteiger partial charge < -0.3 is 68.5 Å². The van der Waals surface area contributed by atoms with Crippen molar-refractivity contribution in [3.8, 4) is 5.75 Å². The van der Waals surface area contributed by atoms with Crippen molar-refractivity contribution < 1.29 is 72.5 Å². The zero-order chi connectivity index (χ0) is 54.9. The molecule has 0 saturated carbocycles. The number of carboxylic acids is 2. The molecule has 2 aliphatic heterocycles. The Morgan fingerprint density at radius 1 is 0.836 bits per heavy atom. The number of carboxylic acid groups (broad SMARTS) is 2. The number of benzene rings is 1. The number of hydrogen-bond acceptors (Lipinski definition) is 14. The van der Waals surface area contributed by atoms with Gasteiger partial charge in [0.1, 0.15) is 48.0 Å². The second-order valence-corrected chi connectivity index (χ2v) is 19.2. The normalized spacial score (nSPS) is 22.2. The molecule has 2 heterocycles. The van der Waals surface area contributed by atoms with E-state index in [9.17, 15) is 57.8 Å². The van der Waals surface area contributed by atoms with Gasteiger partial charge in [-0.15, -0.1) is 0 Å². The van der Waals surface area contributed by atoms with E-state index >= 15 is 0 Å². The maximum atomic E-state index is 14.5. The van der Waals surface area contributed by atoms with Crippen LogP contribution < -0.4 is 53.4 Å². The molecular weight excluding hydrogens is 977 g/mol. The number of likely N-dealkylation sites (tertiary alicyclic amines) is 1. The Morgan fingerprint density at radius 3 is 2.03 bits per heavy atom. The molecule has 406 valence electrons. The molecule has 0 spiro atoms. The molecule has 73 heavy (non-hydrogen) atoms. The minimum Gasteiger partial charge on any atom is -0.497 e. The van der Waals surface area contributed by atoms with E-state index in [-0.39, 0.29) is 56.1 Å². The average molecular weight is 1050 g/mol. The molecule has 0 unspecified atom stereocenters. The quantitative estimate of drug-likeness (QED) is 0.0772. The first-order valence-electron chi connectivity index (χ1n) is 23.9. The number of hydrogen-bond donors (Lipinski definition) is 11. The molecule has 8 atom stereocenters. The zero-order valence-electron chi connectivity index (χ0n) is 42.1. The predicted octanol–water partition coefficient (Wildman–Crippen LogP) is -1.81. The number of carbonyl (C=O) groups is 12. The van der Waals surface area contributed by atoms with Crippen LogP contribution in [0, 0.1) is 11.8 Å². The fourth-order valence-electron chi connectivity index (χ4n) is 7.66. The molecule has 10 amide bonds. The van der Waals surface area contributed by atoms with Crippen LogP contribution in [0.2, 0.25) is 0 Å². The SMILES string of the molecule is CC(=O)O.CC[C@H](C)[C@@H]1NC(=O)[C@H](Cc2ccc(OC)cc2)NC(=O)CCCSC[C@@H](C(=O)N2CCC[C@H]2C(=O)N[C@@H](CC(C)C)C(=O)NCC(N)=O)NC(=O)[C@H](CC(N)=O)NC(=O)[C@H](CCC(=O)O)NC1=O. The van der Waals surface area contributed by atoms with Crippen molar-refractivity contribution in [3.63, 3.8) is 0 Å². The number of amides is 10. The number of thioether (sulfide) groups is 1. The van der Waals surface area contributed by atoms with E-state index in [0.29, 0.717) is 24.2 Å². The number of nitrogens with two attached hydrogens (primary N) is 2. The first-order valence-corrected chi connectivity index (χ1v) is 25.1. The molecule has 2 fully saturated rings. The van der Waals surface area contributed by atoms with Gasteiger partial charge in [-0.2, -0.15) is 11.8 Å². The average Bonchev–Trinajstić information content (AvgIpc) is 3.82. The molecule has 0 aromatic heterocycles. The zero-order valence-corrected chi connectivity index (χ0v) is 42.9. The lowest BCUT2D eigenvalue weighted by molar-refractivity contribution is -0.142. The number of primary amides is 2. The fraction of sp³-hybridized carbons (Fsp3) is 0.617. The number of nitrogens with zero attached hydrogens (tertiary/aromatic N) is 1. The Morgan fingerprint density at radius 2 is 1.45 bits per heavy atom. The van der Waals surface area contributed by atoms with Gasteiger partial charge in [-0.1, -0.05) is 46.2 Å². The Labute approximate surface area is 427 Å². The lowest BCUT2D eigenvalue weighted by Gasteiger charge is -2.31. The second kappa shape index (κ2) is 31.5. The maximum absolute atomic E-state index is 14.5. The van der Waals surface area contributed by atoms with Crippen LogP contribution in [-0.4, -0.2) is 160 Å². The van der Waals surface area contributed by atoms with E-state index in [0.717, 1.165) is 6.92 Å².